The number of hydrogen-bond acceptors (Lipinski definition) is 5. The highest BCUT2D eigenvalue weighted by Gasteiger charge is 2.02. The smallest absolute Gasteiger partial charge is 0.271 e. The van der Waals surface area contributed by atoms with Crippen molar-refractivity contribution in [3.63, 3.8) is 0 Å². The van der Waals surface area contributed by atoms with Crippen molar-refractivity contribution in [1.82, 2.24) is 15.2 Å². The Bertz CT molecular complexity index is 669. The van der Waals surface area contributed by atoms with E-state index in [0.717, 1.165) is 21.7 Å². The quantitative estimate of drug-likeness (QED) is 0.599. The third kappa shape index (κ3) is 4.84. The van der Waals surface area contributed by atoms with E-state index < -0.39 is 11.2 Å². The summed E-state index contributed by atoms with van der Waals surface area (Å²) in [7, 11) is 0. The number of hydrogen-bond donors (Lipinski definition) is 2. The lowest BCUT2D eigenvalue weighted by atomic mass is 10.2. The van der Waals surface area contributed by atoms with Crippen LogP contribution < -0.4 is 11.2 Å². The molecule has 1 aromatic carbocycles. The fourth-order valence-corrected chi connectivity index (χ4v) is 3.53. The Morgan fingerprint density at radius 2 is 1.90 bits per heavy atom. The molecule has 2 N–H and O–H groups in total. The van der Waals surface area contributed by atoms with Crippen LogP contribution in [0.2, 0.25) is 0 Å². The van der Waals surface area contributed by atoms with Crippen molar-refractivity contribution >= 4 is 39.5 Å². The molecule has 1 aromatic heterocycles. The summed E-state index contributed by atoms with van der Waals surface area (Å²) >= 11 is 6.53. The van der Waals surface area contributed by atoms with Gasteiger partial charge in [0.15, 0.2) is 5.03 Å². The van der Waals surface area contributed by atoms with Gasteiger partial charge in [0.25, 0.3) is 5.56 Å². The van der Waals surface area contributed by atoms with Crippen molar-refractivity contribution in [3.8, 4) is 0 Å². The van der Waals surface area contributed by atoms with Crippen LogP contribution in [0.25, 0.3) is 0 Å². The third-order valence-electron chi connectivity index (χ3n) is 2.33. The normalized spacial score (nSPS) is 10.7. The van der Waals surface area contributed by atoms with Gasteiger partial charge in [-0.05, 0) is 17.7 Å². The second kappa shape index (κ2) is 7.70. The van der Waals surface area contributed by atoms with Gasteiger partial charge in [0.1, 0.15) is 0 Å². The lowest BCUT2D eigenvalue weighted by Gasteiger charge is -2.02. The summed E-state index contributed by atoms with van der Waals surface area (Å²) in [5.41, 5.74) is 0.254. The average molecular weight is 374 g/mol. The molecule has 0 aliphatic heterocycles. The molecular formula is C12H12BrN3O2S2. The highest BCUT2D eigenvalue weighted by molar-refractivity contribution is 9.10. The molecule has 0 aliphatic rings. The minimum absolute atomic E-state index is 0.300. The highest BCUT2D eigenvalue weighted by Crippen LogP contribution is 2.18. The van der Waals surface area contributed by atoms with Crippen LogP contribution in [0.15, 0.2) is 43.4 Å². The van der Waals surface area contributed by atoms with Crippen molar-refractivity contribution in [2.45, 2.75) is 10.8 Å². The first kappa shape index (κ1) is 15.4. The Labute approximate surface area is 132 Å². The average Bonchev–Trinajstić information content (AvgIpc) is 2.42. The third-order valence-corrected chi connectivity index (χ3v) is 5.10. The molecule has 0 fully saturated rings. The van der Waals surface area contributed by atoms with Crippen LogP contribution in [0.5, 0.6) is 0 Å². The minimum Gasteiger partial charge on any atom is -0.271 e. The number of aromatic amines is 2. The topological polar surface area (TPSA) is 78.6 Å². The van der Waals surface area contributed by atoms with Crippen LogP contribution in [0.4, 0.5) is 0 Å². The first-order valence-corrected chi connectivity index (χ1v) is 8.72. The van der Waals surface area contributed by atoms with Crippen molar-refractivity contribution in [1.29, 1.82) is 0 Å². The molecule has 0 amide bonds. The Morgan fingerprint density at radius 3 is 2.60 bits per heavy atom. The zero-order valence-corrected chi connectivity index (χ0v) is 13.6. The van der Waals surface area contributed by atoms with Gasteiger partial charge >= 0.3 is 5.69 Å². The number of halogens is 1. The molecule has 106 valence electrons. The molecule has 2 rings (SSSR count). The van der Waals surface area contributed by atoms with Gasteiger partial charge in [-0.3, -0.25) is 9.78 Å². The van der Waals surface area contributed by atoms with Crippen LogP contribution >= 0.6 is 39.5 Å². The summed E-state index contributed by atoms with van der Waals surface area (Å²) in [5, 5.41) is 6.23. The monoisotopic (exact) mass is 373 g/mol. The lowest BCUT2D eigenvalue weighted by Crippen LogP contribution is -2.25. The first-order chi connectivity index (χ1) is 9.65. The van der Waals surface area contributed by atoms with E-state index in [-0.39, 0.29) is 0 Å². The van der Waals surface area contributed by atoms with E-state index in [1.807, 2.05) is 12.1 Å². The van der Waals surface area contributed by atoms with Gasteiger partial charge in [0.2, 0.25) is 0 Å². The van der Waals surface area contributed by atoms with Crippen molar-refractivity contribution < 1.29 is 0 Å². The van der Waals surface area contributed by atoms with Crippen molar-refractivity contribution in [3.05, 3.63) is 55.1 Å². The fraction of sp³-hybridized carbons (Fsp3) is 0.250. The first-order valence-electron chi connectivity index (χ1n) is 5.79. The Balaban J connectivity index is 1.72. The van der Waals surface area contributed by atoms with Crippen LogP contribution in [0.3, 0.4) is 0 Å². The molecule has 0 spiro atoms. The van der Waals surface area contributed by atoms with Gasteiger partial charge in [0, 0.05) is 21.7 Å². The van der Waals surface area contributed by atoms with Gasteiger partial charge in [-0.25, -0.2) is 9.89 Å². The minimum atomic E-state index is -0.580. The molecule has 1 heterocycles. The maximum atomic E-state index is 11.4. The summed E-state index contributed by atoms with van der Waals surface area (Å²) in [4.78, 5) is 24.3. The van der Waals surface area contributed by atoms with Crippen molar-refractivity contribution in [2.75, 3.05) is 11.5 Å². The number of aromatic nitrogens is 3. The summed E-state index contributed by atoms with van der Waals surface area (Å²) < 4.78 is 1.07. The van der Waals surface area contributed by atoms with Gasteiger partial charge in [0.05, 0.1) is 0 Å². The number of thioether (sulfide) groups is 2. The van der Waals surface area contributed by atoms with Crippen molar-refractivity contribution in [2.24, 2.45) is 0 Å². The highest BCUT2D eigenvalue weighted by atomic mass is 79.9. The van der Waals surface area contributed by atoms with Gasteiger partial charge in [-0.2, -0.15) is 16.9 Å². The fourth-order valence-electron chi connectivity index (χ4n) is 1.40. The maximum absolute atomic E-state index is 11.4. The summed E-state index contributed by atoms with van der Waals surface area (Å²) in [6, 6.07) is 8.21. The molecule has 0 atom stereocenters. The zero-order valence-electron chi connectivity index (χ0n) is 10.4. The van der Waals surface area contributed by atoms with E-state index in [0.29, 0.717) is 5.03 Å². The summed E-state index contributed by atoms with van der Waals surface area (Å²) in [6.07, 6.45) is 0. The molecule has 0 aliphatic carbocycles. The molecule has 0 radical (unpaired) electrons. The van der Waals surface area contributed by atoms with Crippen LogP contribution in [-0.4, -0.2) is 26.7 Å². The van der Waals surface area contributed by atoms with E-state index >= 15 is 0 Å². The predicted molar refractivity (Wildman–Crippen MR) is 86.5 cm³/mol. The van der Waals surface area contributed by atoms with E-state index in [2.05, 4.69) is 43.2 Å². The van der Waals surface area contributed by atoms with E-state index in [9.17, 15) is 9.59 Å². The molecule has 0 saturated heterocycles. The van der Waals surface area contributed by atoms with Gasteiger partial charge < -0.3 is 0 Å². The van der Waals surface area contributed by atoms with Crippen LogP contribution in [0, 0.1) is 0 Å². The SMILES string of the molecule is O=c1[nH]nc(SCCSCc2ccc(Br)cc2)c(=O)[nH]1. The molecule has 0 saturated carbocycles. The second-order valence-electron chi connectivity index (χ2n) is 3.84. The number of rotatable bonds is 6. The molecule has 0 unspecified atom stereocenters. The standard InChI is InChI=1S/C12H12BrN3O2S2/c13-9-3-1-8(2-4-9)7-19-5-6-20-11-10(17)14-12(18)16-15-11/h1-4H,5-7H2,(H2,14,16,17,18). The molecular weight excluding hydrogens is 362 g/mol. The Kier molecular flexibility index (Phi) is 5.93. The van der Waals surface area contributed by atoms with Gasteiger partial charge in [-0.1, -0.05) is 39.8 Å². The Morgan fingerprint density at radius 1 is 1.15 bits per heavy atom. The van der Waals surface area contributed by atoms with E-state index in [4.69, 9.17) is 0 Å². The number of nitrogens with zero attached hydrogens (tertiary/aromatic N) is 1. The van der Waals surface area contributed by atoms with E-state index in [1.165, 1.54) is 17.3 Å². The maximum Gasteiger partial charge on any atom is 0.342 e. The molecule has 0 bridgehead atoms. The molecule has 5 nitrogen and oxygen atoms in total. The lowest BCUT2D eigenvalue weighted by molar-refractivity contribution is 0.807. The molecule has 20 heavy (non-hydrogen) atoms. The number of nitrogens with one attached hydrogen (secondary N) is 2. The zero-order chi connectivity index (χ0) is 14.4. The Hall–Kier alpha value is -0.990. The predicted octanol–water partition coefficient (Wildman–Crippen LogP) is 2.25. The summed E-state index contributed by atoms with van der Waals surface area (Å²) in [5.74, 6) is 2.60. The van der Waals surface area contributed by atoms with Crippen LogP contribution in [-0.2, 0) is 5.75 Å². The molecule has 2 aromatic rings. The second-order valence-corrected chi connectivity index (χ2v) is 6.94. The van der Waals surface area contributed by atoms with Gasteiger partial charge in [-0.15, -0.1) is 0 Å². The largest absolute Gasteiger partial charge is 0.342 e. The number of benzene rings is 1. The molecule has 8 heteroatoms. The summed E-state index contributed by atoms with van der Waals surface area (Å²) in [6.45, 7) is 0. The van der Waals surface area contributed by atoms with E-state index in [1.54, 1.807) is 11.8 Å². The number of H-pyrrole nitrogens is 2. The van der Waals surface area contributed by atoms with Crippen LogP contribution in [0.1, 0.15) is 5.56 Å².